The van der Waals surface area contributed by atoms with Gasteiger partial charge in [-0.1, -0.05) is 35.0 Å². The van der Waals surface area contributed by atoms with E-state index in [0.29, 0.717) is 33.4 Å². The van der Waals surface area contributed by atoms with Gasteiger partial charge >= 0.3 is 6.03 Å². The molecule has 0 radical (unpaired) electrons. The number of urea groups is 1. The highest BCUT2D eigenvalue weighted by Crippen LogP contribution is 2.40. The Hall–Kier alpha value is -3.49. The molecule has 2 aromatic carbocycles. The summed E-state index contributed by atoms with van der Waals surface area (Å²) < 4.78 is 19.7. The first kappa shape index (κ1) is 21.4. The van der Waals surface area contributed by atoms with E-state index in [9.17, 15) is 9.18 Å². The predicted octanol–water partition coefficient (Wildman–Crippen LogP) is 6.60. The summed E-state index contributed by atoms with van der Waals surface area (Å²) in [7, 11) is 0. The van der Waals surface area contributed by atoms with Gasteiger partial charge in [0.25, 0.3) is 5.89 Å². The quantitative estimate of drug-likeness (QED) is 0.357. The second kappa shape index (κ2) is 8.46. The number of hydrogen-bond acceptors (Lipinski definition) is 5. The van der Waals surface area contributed by atoms with E-state index in [4.69, 9.17) is 16.1 Å². The van der Waals surface area contributed by atoms with E-state index >= 15 is 0 Å². The van der Waals surface area contributed by atoms with Gasteiger partial charge in [0.15, 0.2) is 0 Å². The van der Waals surface area contributed by atoms with Gasteiger partial charge in [0, 0.05) is 10.7 Å². The summed E-state index contributed by atoms with van der Waals surface area (Å²) in [4.78, 5) is 20.2. The van der Waals surface area contributed by atoms with Crippen LogP contribution in [0.3, 0.4) is 0 Å². The minimum absolute atomic E-state index is 0.251. The molecule has 1 N–H and O–H groups in total. The van der Waals surface area contributed by atoms with Crippen molar-refractivity contribution in [1.29, 1.82) is 0 Å². The van der Waals surface area contributed by atoms with Crippen LogP contribution in [0.4, 0.5) is 14.9 Å². The van der Waals surface area contributed by atoms with Gasteiger partial charge in [-0.05, 0) is 66.8 Å². The molecule has 1 aliphatic heterocycles. The number of aromatic nitrogens is 2. The number of rotatable bonds is 4. The predicted molar refractivity (Wildman–Crippen MR) is 127 cm³/mol. The van der Waals surface area contributed by atoms with Crippen LogP contribution in [0.25, 0.3) is 16.3 Å². The number of carbonyl (C=O) groups excluding carboxylic acids is 1. The van der Waals surface area contributed by atoms with Crippen molar-refractivity contribution in [2.75, 3.05) is 4.90 Å². The van der Waals surface area contributed by atoms with E-state index in [1.165, 1.54) is 28.4 Å². The Labute approximate surface area is 198 Å². The molecule has 4 aromatic rings. The van der Waals surface area contributed by atoms with Gasteiger partial charge in [0.05, 0.1) is 22.2 Å². The largest absolute Gasteiger partial charge is 0.334 e. The molecule has 0 bridgehead atoms. The van der Waals surface area contributed by atoms with Gasteiger partial charge in [-0.3, -0.25) is 4.90 Å². The number of allylic oxidation sites excluding steroid dienone is 1. The summed E-state index contributed by atoms with van der Waals surface area (Å²) >= 11 is 7.68. The molecule has 166 valence electrons. The average Bonchev–Trinajstić information content (AvgIpc) is 3.48. The number of halogens is 2. The monoisotopic (exact) mass is 480 g/mol. The third kappa shape index (κ3) is 3.92. The van der Waals surface area contributed by atoms with Crippen LogP contribution in [-0.2, 0) is 0 Å². The lowest BCUT2D eigenvalue weighted by molar-refractivity contribution is 0.244. The number of nitrogens with zero attached hydrogens (tertiary/aromatic N) is 3. The molecule has 6 nitrogen and oxygen atoms in total. The van der Waals surface area contributed by atoms with Crippen molar-refractivity contribution in [3.63, 3.8) is 0 Å². The molecule has 2 aromatic heterocycles. The van der Waals surface area contributed by atoms with Crippen molar-refractivity contribution in [1.82, 2.24) is 15.5 Å². The third-order valence-corrected chi connectivity index (χ3v) is 6.75. The second-order valence-corrected chi connectivity index (χ2v) is 8.96. The van der Waals surface area contributed by atoms with Crippen molar-refractivity contribution in [3.05, 3.63) is 93.5 Å². The molecule has 0 aliphatic carbocycles. The molecule has 0 spiro atoms. The van der Waals surface area contributed by atoms with Crippen molar-refractivity contribution < 1.29 is 13.7 Å². The van der Waals surface area contributed by atoms with Crippen LogP contribution in [0.1, 0.15) is 30.0 Å². The maximum absolute atomic E-state index is 14.1. The highest BCUT2D eigenvalue weighted by molar-refractivity contribution is 7.13. The highest BCUT2D eigenvalue weighted by Gasteiger charge is 2.36. The number of aryl methyl sites for hydroxylation is 1. The third-order valence-electron chi connectivity index (χ3n) is 5.46. The lowest BCUT2D eigenvalue weighted by Gasteiger charge is -2.35. The molecule has 0 saturated heterocycles. The van der Waals surface area contributed by atoms with Crippen LogP contribution < -0.4 is 10.2 Å². The summed E-state index contributed by atoms with van der Waals surface area (Å²) in [5, 5.41) is 9.63. The lowest BCUT2D eigenvalue weighted by atomic mass is 9.94. The summed E-state index contributed by atoms with van der Waals surface area (Å²) in [6.45, 7) is 3.67. The normalized spacial score (nSPS) is 16.3. The first-order valence-electron chi connectivity index (χ1n) is 10.1. The zero-order valence-corrected chi connectivity index (χ0v) is 19.2. The minimum atomic E-state index is -0.672. The number of benzene rings is 2. The maximum Gasteiger partial charge on any atom is 0.326 e. The van der Waals surface area contributed by atoms with Crippen LogP contribution in [0.2, 0.25) is 5.02 Å². The fourth-order valence-corrected chi connectivity index (χ4v) is 4.64. The van der Waals surface area contributed by atoms with Gasteiger partial charge in [-0.25, -0.2) is 9.18 Å². The summed E-state index contributed by atoms with van der Waals surface area (Å²) in [6.07, 6.45) is 0. The zero-order chi connectivity index (χ0) is 23.1. The molecular weight excluding hydrogens is 463 g/mol. The van der Waals surface area contributed by atoms with E-state index in [1.54, 1.807) is 31.2 Å². The molecule has 1 unspecified atom stereocenters. The number of anilines is 1. The molecule has 1 atom stereocenters. The SMILES string of the molecule is CC1=C(c2nc(-c3cccs3)no2)C(c2cccc(F)c2)NC(=O)N1c1ccc(Cl)c(C)c1. The van der Waals surface area contributed by atoms with Gasteiger partial charge in [-0.2, -0.15) is 4.98 Å². The molecule has 1 aliphatic rings. The highest BCUT2D eigenvalue weighted by atomic mass is 35.5. The standard InChI is InChI=1S/C24H18ClFN4O2S/c1-13-11-17(8-9-18(13)25)30-14(2)20(23-28-22(29-32-23)19-7-4-10-33-19)21(27-24(30)31)15-5-3-6-16(26)12-15/h3-12,21H,1-2H3,(H,27,31). The van der Waals surface area contributed by atoms with Crippen LogP contribution in [-0.4, -0.2) is 16.2 Å². The van der Waals surface area contributed by atoms with Crippen LogP contribution >= 0.6 is 22.9 Å². The Balaban J connectivity index is 1.68. The van der Waals surface area contributed by atoms with Crippen molar-refractivity contribution in [2.45, 2.75) is 19.9 Å². The Bertz CT molecular complexity index is 1380. The van der Waals surface area contributed by atoms with Gasteiger partial charge in [0.1, 0.15) is 5.82 Å². The number of thiophene rings is 1. The van der Waals surface area contributed by atoms with Crippen LogP contribution in [0.15, 0.2) is 70.2 Å². The zero-order valence-electron chi connectivity index (χ0n) is 17.7. The van der Waals surface area contributed by atoms with Gasteiger partial charge in [-0.15, -0.1) is 11.3 Å². The smallest absolute Gasteiger partial charge is 0.326 e. The number of amides is 2. The summed E-state index contributed by atoms with van der Waals surface area (Å²) in [5.74, 6) is 0.296. The van der Waals surface area contributed by atoms with E-state index in [-0.39, 0.29) is 11.9 Å². The first-order chi connectivity index (χ1) is 15.9. The molecule has 3 heterocycles. The van der Waals surface area contributed by atoms with E-state index < -0.39 is 11.9 Å². The minimum Gasteiger partial charge on any atom is -0.334 e. The fourth-order valence-electron chi connectivity index (χ4n) is 3.87. The lowest BCUT2D eigenvalue weighted by Crippen LogP contribution is -2.46. The van der Waals surface area contributed by atoms with Gasteiger partial charge in [0.2, 0.25) is 5.82 Å². The van der Waals surface area contributed by atoms with E-state index in [0.717, 1.165) is 10.4 Å². The summed E-state index contributed by atoms with van der Waals surface area (Å²) in [5.41, 5.74) is 3.22. The molecule has 2 amide bonds. The van der Waals surface area contributed by atoms with E-state index in [2.05, 4.69) is 15.5 Å². The molecule has 9 heteroatoms. The Morgan fingerprint density at radius 1 is 1.15 bits per heavy atom. The average molecular weight is 481 g/mol. The molecule has 33 heavy (non-hydrogen) atoms. The van der Waals surface area contributed by atoms with Crippen LogP contribution in [0, 0.1) is 12.7 Å². The molecular formula is C24H18ClFN4O2S. The number of hydrogen-bond donors (Lipinski definition) is 1. The topological polar surface area (TPSA) is 71.3 Å². The maximum atomic E-state index is 14.1. The first-order valence-corrected chi connectivity index (χ1v) is 11.4. The summed E-state index contributed by atoms with van der Waals surface area (Å²) in [6, 6.07) is 14.2. The van der Waals surface area contributed by atoms with E-state index in [1.807, 2.05) is 30.5 Å². The van der Waals surface area contributed by atoms with Gasteiger partial charge < -0.3 is 9.84 Å². The second-order valence-electron chi connectivity index (χ2n) is 7.61. The van der Waals surface area contributed by atoms with Crippen molar-refractivity contribution in [2.24, 2.45) is 0 Å². The Morgan fingerprint density at radius 2 is 2.00 bits per heavy atom. The fraction of sp³-hybridized carbons (Fsp3) is 0.125. The number of carbonyl (C=O) groups is 1. The Morgan fingerprint density at radius 3 is 2.73 bits per heavy atom. The molecule has 0 saturated carbocycles. The molecule has 0 fully saturated rings. The molecule has 5 rings (SSSR count). The Kier molecular flexibility index (Phi) is 5.47. The van der Waals surface area contributed by atoms with Crippen molar-refractivity contribution >= 4 is 40.2 Å². The van der Waals surface area contributed by atoms with Crippen molar-refractivity contribution in [3.8, 4) is 10.7 Å². The van der Waals surface area contributed by atoms with Crippen LogP contribution in [0.5, 0.6) is 0 Å². The number of nitrogens with one attached hydrogen (secondary N) is 1.